The molecule has 1 N–H and O–H groups in total. The Morgan fingerprint density at radius 3 is 1.70 bits per heavy atom. The Morgan fingerprint density at radius 1 is 0.609 bits per heavy atom. The first kappa shape index (κ1) is 15.4. The van der Waals surface area contributed by atoms with Gasteiger partial charge in [0, 0.05) is 5.69 Å². The van der Waals surface area contributed by atoms with Gasteiger partial charge in [-0.2, -0.15) is 0 Å². The number of rotatable bonds is 5. The largest absolute Gasteiger partial charge is 0.378 e. The normalized spacial score (nSPS) is 12.1. The zero-order valence-electron chi connectivity index (χ0n) is 13.7. The van der Waals surface area contributed by atoms with Crippen molar-refractivity contribution in [2.75, 3.05) is 5.32 Å². The maximum absolute atomic E-state index is 3.67. The molecule has 0 bridgehead atoms. The van der Waals surface area contributed by atoms with Crippen LogP contribution >= 0.6 is 0 Å². The average molecular weight is 301 g/mol. The fourth-order valence-electron chi connectivity index (χ4n) is 2.86. The smallest absolute Gasteiger partial charge is 0.0536 e. The second-order valence-corrected chi connectivity index (χ2v) is 6.22. The second kappa shape index (κ2) is 7.15. The first-order valence-electron chi connectivity index (χ1n) is 8.21. The SMILES string of the molecule is CC(C)C(Nc1ccc(-c2ccccc2)cc1)c1ccccc1. The van der Waals surface area contributed by atoms with Gasteiger partial charge in [-0.3, -0.25) is 0 Å². The van der Waals surface area contributed by atoms with Crippen molar-refractivity contribution in [1.29, 1.82) is 0 Å². The first-order valence-corrected chi connectivity index (χ1v) is 8.21. The molecule has 0 spiro atoms. The van der Waals surface area contributed by atoms with Gasteiger partial charge in [-0.15, -0.1) is 0 Å². The van der Waals surface area contributed by atoms with Crippen LogP contribution in [-0.4, -0.2) is 0 Å². The van der Waals surface area contributed by atoms with Crippen molar-refractivity contribution in [3.63, 3.8) is 0 Å². The summed E-state index contributed by atoms with van der Waals surface area (Å²) in [7, 11) is 0. The third-order valence-corrected chi connectivity index (χ3v) is 4.14. The van der Waals surface area contributed by atoms with Gasteiger partial charge in [0.15, 0.2) is 0 Å². The monoisotopic (exact) mass is 301 g/mol. The van der Waals surface area contributed by atoms with Crippen LogP contribution < -0.4 is 5.32 Å². The maximum atomic E-state index is 3.67. The van der Waals surface area contributed by atoms with Gasteiger partial charge >= 0.3 is 0 Å². The lowest BCUT2D eigenvalue weighted by atomic mass is 9.95. The molecule has 3 rings (SSSR count). The van der Waals surface area contributed by atoms with E-state index in [1.54, 1.807) is 0 Å². The van der Waals surface area contributed by atoms with Gasteiger partial charge in [-0.05, 0) is 34.7 Å². The minimum Gasteiger partial charge on any atom is -0.378 e. The van der Waals surface area contributed by atoms with Crippen LogP contribution in [0.5, 0.6) is 0 Å². The van der Waals surface area contributed by atoms with E-state index in [1.807, 2.05) is 6.07 Å². The number of hydrogen-bond acceptors (Lipinski definition) is 1. The van der Waals surface area contributed by atoms with Crippen LogP contribution in [0.2, 0.25) is 0 Å². The zero-order chi connectivity index (χ0) is 16.1. The van der Waals surface area contributed by atoms with Crippen LogP contribution in [-0.2, 0) is 0 Å². The summed E-state index contributed by atoms with van der Waals surface area (Å²) in [5.74, 6) is 0.520. The third kappa shape index (κ3) is 3.81. The summed E-state index contributed by atoms with van der Waals surface area (Å²) in [6, 6.07) is 30.1. The summed E-state index contributed by atoms with van der Waals surface area (Å²) in [4.78, 5) is 0. The average Bonchev–Trinajstić information content (AvgIpc) is 2.61. The van der Waals surface area contributed by atoms with Gasteiger partial charge in [-0.1, -0.05) is 86.6 Å². The molecule has 1 heteroatoms. The van der Waals surface area contributed by atoms with E-state index in [2.05, 4.69) is 98.0 Å². The minimum absolute atomic E-state index is 0.318. The Morgan fingerprint density at radius 2 is 1.13 bits per heavy atom. The fraction of sp³-hybridized carbons (Fsp3) is 0.182. The molecule has 0 aliphatic carbocycles. The topological polar surface area (TPSA) is 12.0 Å². The van der Waals surface area contributed by atoms with Crippen molar-refractivity contribution in [2.24, 2.45) is 5.92 Å². The third-order valence-electron chi connectivity index (χ3n) is 4.14. The summed E-state index contributed by atoms with van der Waals surface area (Å²) in [5, 5.41) is 3.67. The van der Waals surface area contributed by atoms with Crippen molar-refractivity contribution >= 4 is 5.69 Å². The lowest BCUT2D eigenvalue weighted by Gasteiger charge is -2.24. The van der Waals surface area contributed by atoms with Crippen LogP contribution in [0, 0.1) is 5.92 Å². The highest BCUT2D eigenvalue weighted by Gasteiger charge is 2.15. The van der Waals surface area contributed by atoms with Gasteiger partial charge < -0.3 is 5.32 Å². The van der Waals surface area contributed by atoms with E-state index in [0.29, 0.717) is 12.0 Å². The molecule has 0 saturated heterocycles. The van der Waals surface area contributed by atoms with Crippen molar-refractivity contribution in [3.05, 3.63) is 90.5 Å². The molecule has 0 heterocycles. The molecule has 23 heavy (non-hydrogen) atoms. The van der Waals surface area contributed by atoms with E-state index in [-0.39, 0.29) is 0 Å². The molecular weight excluding hydrogens is 278 g/mol. The number of benzene rings is 3. The molecule has 3 aromatic rings. The predicted molar refractivity (Wildman–Crippen MR) is 99.5 cm³/mol. The molecule has 0 radical (unpaired) electrons. The molecule has 1 unspecified atom stereocenters. The van der Waals surface area contributed by atoms with Crippen LogP contribution in [0.1, 0.15) is 25.5 Å². The van der Waals surface area contributed by atoms with Crippen molar-refractivity contribution < 1.29 is 0 Å². The number of nitrogens with one attached hydrogen (secondary N) is 1. The summed E-state index contributed by atoms with van der Waals surface area (Å²) < 4.78 is 0. The van der Waals surface area contributed by atoms with Crippen molar-refractivity contribution in [2.45, 2.75) is 19.9 Å². The molecule has 3 aromatic carbocycles. The highest BCUT2D eigenvalue weighted by molar-refractivity contribution is 5.66. The van der Waals surface area contributed by atoms with Crippen molar-refractivity contribution in [1.82, 2.24) is 0 Å². The van der Waals surface area contributed by atoms with E-state index in [0.717, 1.165) is 5.69 Å². The van der Waals surface area contributed by atoms with Gasteiger partial charge in [-0.25, -0.2) is 0 Å². The highest BCUT2D eigenvalue weighted by Crippen LogP contribution is 2.28. The standard InChI is InChI=1S/C22H23N/c1-17(2)22(20-11-7-4-8-12-20)23-21-15-13-19(14-16-21)18-9-5-3-6-10-18/h3-17,22-23H,1-2H3. The van der Waals surface area contributed by atoms with Crippen molar-refractivity contribution in [3.8, 4) is 11.1 Å². The summed E-state index contributed by atoms with van der Waals surface area (Å²) in [6.07, 6.45) is 0. The minimum atomic E-state index is 0.318. The quantitative estimate of drug-likeness (QED) is 0.595. The van der Waals surface area contributed by atoms with E-state index >= 15 is 0 Å². The van der Waals surface area contributed by atoms with Crippen LogP contribution in [0.3, 0.4) is 0 Å². The molecule has 0 aliphatic heterocycles. The molecule has 116 valence electrons. The maximum Gasteiger partial charge on any atom is 0.0536 e. The highest BCUT2D eigenvalue weighted by atomic mass is 14.9. The molecule has 1 atom stereocenters. The van der Waals surface area contributed by atoms with Crippen LogP contribution in [0.25, 0.3) is 11.1 Å². The van der Waals surface area contributed by atoms with Crippen LogP contribution in [0.15, 0.2) is 84.9 Å². The molecule has 0 aliphatic rings. The van der Waals surface area contributed by atoms with E-state index in [9.17, 15) is 0 Å². The molecule has 0 saturated carbocycles. The van der Waals surface area contributed by atoms with Gasteiger partial charge in [0.05, 0.1) is 6.04 Å². The van der Waals surface area contributed by atoms with E-state index in [1.165, 1.54) is 16.7 Å². The van der Waals surface area contributed by atoms with Gasteiger partial charge in [0.25, 0.3) is 0 Å². The molecule has 1 nitrogen and oxygen atoms in total. The van der Waals surface area contributed by atoms with E-state index in [4.69, 9.17) is 0 Å². The Kier molecular flexibility index (Phi) is 4.77. The predicted octanol–water partition coefficient (Wildman–Crippen LogP) is 6.16. The Bertz CT molecular complexity index is 715. The zero-order valence-corrected chi connectivity index (χ0v) is 13.7. The summed E-state index contributed by atoms with van der Waals surface area (Å²) in [5.41, 5.74) is 4.99. The number of anilines is 1. The molecule has 0 amide bonds. The molecule has 0 fully saturated rings. The molecular formula is C22H23N. The first-order chi connectivity index (χ1) is 11.2. The van der Waals surface area contributed by atoms with E-state index < -0.39 is 0 Å². The second-order valence-electron chi connectivity index (χ2n) is 6.22. The Hall–Kier alpha value is -2.54. The number of hydrogen-bond donors (Lipinski definition) is 1. The Labute approximate surface area is 139 Å². The lowest BCUT2D eigenvalue weighted by Crippen LogP contribution is -2.16. The summed E-state index contributed by atoms with van der Waals surface area (Å²) in [6.45, 7) is 4.51. The Balaban J connectivity index is 1.79. The lowest BCUT2D eigenvalue weighted by molar-refractivity contribution is 0.546. The molecule has 0 aromatic heterocycles. The van der Waals surface area contributed by atoms with Crippen LogP contribution in [0.4, 0.5) is 5.69 Å². The van der Waals surface area contributed by atoms with Gasteiger partial charge in [0.1, 0.15) is 0 Å². The fourth-order valence-corrected chi connectivity index (χ4v) is 2.86. The van der Waals surface area contributed by atoms with Gasteiger partial charge in [0.2, 0.25) is 0 Å². The summed E-state index contributed by atoms with van der Waals surface area (Å²) >= 11 is 0.